The van der Waals surface area contributed by atoms with Gasteiger partial charge >= 0.3 is 0 Å². The van der Waals surface area contributed by atoms with Crippen LogP contribution in [0.1, 0.15) is 16.7 Å². The minimum atomic E-state index is -3.68. The highest BCUT2D eigenvalue weighted by Gasteiger charge is 2.33. The molecule has 0 spiro atoms. The second kappa shape index (κ2) is 6.75. The molecule has 4 rings (SSSR count). The average Bonchev–Trinajstić information content (AvgIpc) is 2.66. The van der Waals surface area contributed by atoms with Gasteiger partial charge in [0, 0.05) is 18.1 Å². The summed E-state index contributed by atoms with van der Waals surface area (Å²) in [7, 11) is -3.68. The van der Waals surface area contributed by atoms with E-state index in [1.54, 1.807) is 30.5 Å². The highest BCUT2D eigenvalue weighted by atomic mass is 32.2. The van der Waals surface area contributed by atoms with Gasteiger partial charge in [-0.1, -0.05) is 30.3 Å². The zero-order valence-electron chi connectivity index (χ0n) is 14.8. The zero-order chi connectivity index (χ0) is 19.0. The Bertz CT molecular complexity index is 1140. The third-order valence-corrected chi connectivity index (χ3v) is 6.44. The first-order valence-corrected chi connectivity index (χ1v) is 10.2. The van der Waals surface area contributed by atoms with E-state index in [2.05, 4.69) is 15.0 Å². The van der Waals surface area contributed by atoms with Crippen molar-refractivity contribution in [2.45, 2.75) is 30.8 Å². The fourth-order valence-corrected chi connectivity index (χ4v) is 4.90. The predicted octanol–water partition coefficient (Wildman–Crippen LogP) is 2.06. The molecular formula is C20H19N3O3S. The van der Waals surface area contributed by atoms with Crippen molar-refractivity contribution >= 4 is 26.8 Å². The first-order chi connectivity index (χ1) is 13.0. The number of pyridine rings is 1. The molecule has 138 valence electrons. The summed E-state index contributed by atoms with van der Waals surface area (Å²) in [5.41, 5.74) is 3.54. The minimum Gasteiger partial charge on any atom is -0.351 e. The van der Waals surface area contributed by atoms with E-state index in [0.29, 0.717) is 18.5 Å². The van der Waals surface area contributed by atoms with Crippen LogP contribution < -0.4 is 10.0 Å². The summed E-state index contributed by atoms with van der Waals surface area (Å²) in [6.45, 7) is 2.29. The predicted molar refractivity (Wildman–Crippen MR) is 103 cm³/mol. The summed E-state index contributed by atoms with van der Waals surface area (Å²) in [4.78, 5) is 17.2. The molecule has 0 radical (unpaired) electrons. The molecule has 1 atom stereocenters. The quantitative estimate of drug-likeness (QED) is 0.727. The van der Waals surface area contributed by atoms with Crippen LogP contribution in [0.2, 0.25) is 0 Å². The Balaban J connectivity index is 1.56. The largest absolute Gasteiger partial charge is 0.351 e. The molecule has 7 heteroatoms. The number of sulfonamides is 1. The molecule has 0 bridgehead atoms. The molecule has 6 nitrogen and oxygen atoms in total. The number of fused-ring (bicyclic) bond motifs is 2. The average molecular weight is 381 g/mol. The van der Waals surface area contributed by atoms with Gasteiger partial charge in [-0.15, -0.1) is 0 Å². The molecule has 2 N–H and O–H groups in total. The van der Waals surface area contributed by atoms with Crippen molar-refractivity contribution in [1.82, 2.24) is 15.0 Å². The number of nitrogens with zero attached hydrogens (tertiary/aromatic N) is 1. The standard InChI is InChI=1S/C20H19N3O3S/c1-13-8-9-17-15(6-4-10-21-17)16(13)12-22-20(24)18-11-14-5-2-3-7-19(14)27(25,26)23-18/h2-10,18,23H,11-12H2,1H3,(H,22,24). The molecule has 1 unspecified atom stereocenters. The molecule has 1 aliphatic heterocycles. The van der Waals surface area contributed by atoms with E-state index in [9.17, 15) is 13.2 Å². The van der Waals surface area contributed by atoms with E-state index in [4.69, 9.17) is 0 Å². The van der Waals surface area contributed by atoms with E-state index in [0.717, 1.165) is 22.0 Å². The molecule has 0 saturated heterocycles. The molecule has 0 aliphatic carbocycles. The third-order valence-electron chi connectivity index (χ3n) is 4.87. The number of carbonyl (C=O) groups excluding carboxylic acids is 1. The van der Waals surface area contributed by atoms with Crippen LogP contribution in [0.3, 0.4) is 0 Å². The highest BCUT2D eigenvalue weighted by molar-refractivity contribution is 7.89. The maximum Gasteiger partial charge on any atom is 0.241 e. The van der Waals surface area contributed by atoms with Gasteiger partial charge in [0.2, 0.25) is 15.9 Å². The number of benzene rings is 2. The maximum absolute atomic E-state index is 12.7. The van der Waals surface area contributed by atoms with Gasteiger partial charge in [0.05, 0.1) is 10.4 Å². The molecule has 1 aromatic heterocycles. The summed E-state index contributed by atoms with van der Waals surface area (Å²) >= 11 is 0. The Labute approximate surface area is 157 Å². The monoisotopic (exact) mass is 381 g/mol. The Morgan fingerprint density at radius 1 is 1.19 bits per heavy atom. The van der Waals surface area contributed by atoms with Crippen molar-refractivity contribution in [1.29, 1.82) is 0 Å². The van der Waals surface area contributed by atoms with Gasteiger partial charge in [-0.3, -0.25) is 9.78 Å². The minimum absolute atomic E-state index is 0.241. The Morgan fingerprint density at radius 3 is 2.85 bits per heavy atom. The summed E-state index contributed by atoms with van der Waals surface area (Å²) in [6, 6.07) is 13.7. The van der Waals surface area contributed by atoms with Crippen molar-refractivity contribution in [2.75, 3.05) is 0 Å². The molecular weight excluding hydrogens is 362 g/mol. The van der Waals surface area contributed by atoms with Crippen molar-refractivity contribution in [2.24, 2.45) is 0 Å². The second-order valence-electron chi connectivity index (χ2n) is 6.63. The van der Waals surface area contributed by atoms with E-state index < -0.39 is 16.1 Å². The van der Waals surface area contributed by atoms with Crippen LogP contribution in [0.4, 0.5) is 0 Å². The molecule has 1 aliphatic rings. The SMILES string of the molecule is Cc1ccc2ncccc2c1CNC(=O)C1Cc2ccccc2S(=O)(=O)N1. The molecule has 0 fully saturated rings. The number of aromatic nitrogens is 1. The number of aryl methyl sites for hydroxylation is 1. The van der Waals surface area contributed by atoms with Gasteiger partial charge in [0.25, 0.3) is 0 Å². The number of hydrogen-bond donors (Lipinski definition) is 2. The van der Waals surface area contributed by atoms with E-state index in [1.165, 1.54) is 0 Å². The lowest BCUT2D eigenvalue weighted by Crippen LogP contribution is -2.50. The lowest BCUT2D eigenvalue weighted by atomic mass is 10.0. The summed E-state index contributed by atoms with van der Waals surface area (Å²) in [6.07, 6.45) is 2.06. The van der Waals surface area contributed by atoms with Crippen molar-refractivity contribution < 1.29 is 13.2 Å². The summed E-state index contributed by atoms with van der Waals surface area (Å²) in [5, 5.41) is 3.86. The number of amides is 1. The van der Waals surface area contributed by atoms with Crippen molar-refractivity contribution in [3.63, 3.8) is 0 Å². The van der Waals surface area contributed by atoms with Crippen LogP contribution in [0, 0.1) is 6.92 Å². The maximum atomic E-state index is 12.7. The van der Waals surface area contributed by atoms with E-state index >= 15 is 0 Å². The Kier molecular flexibility index (Phi) is 4.41. The van der Waals surface area contributed by atoms with Crippen LogP contribution in [0.15, 0.2) is 59.6 Å². The lowest BCUT2D eigenvalue weighted by Gasteiger charge is -2.25. The molecule has 3 aromatic rings. The molecule has 1 amide bonds. The topological polar surface area (TPSA) is 88.2 Å². The van der Waals surface area contributed by atoms with Crippen molar-refractivity contribution in [3.05, 3.63) is 71.4 Å². The van der Waals surface area contributed by atoms with Gasteiger partial charge in [-0.25, -0.2) is 8.42 Å². The van der Waals surface area contributed by atoms with Gasteiger partial charge in [-0.05, 0) is 48.2 Å². The molecule has 2 heterocycles. The number of carbonyl (C=O) groups is 1. The highest BCUT2D eigenvalue weighted by Crippen LogP contribution is 2.23. The van der Waals surface area contributed by atoms with Crippen molar-refractivity contribution in [3.8, 4) is 0 Å². The molecule has 2 aromatic carbocycles. The fraction of sp³-hybridized carbons (Fsp3) is 0.200. The number of nitrogens with one attached hydrogen (secondary N) is 2. The first kappa shape index (κ1) is 17.6. The smallest absolute Gasteiger partial charge is 0.241 e. The van der Waals surface area contributed by atoms with Crippen LogP contribution in [0.5, 0.6) is 0 Å². The zero-order valence-corrected chi connectivity index (χ0v) is 15.6. The van der Waals surface area contributed by atoms with Crippen LogP contribution in [0.25, 0.3) is 10.9 Å². The first-order valence-electron chi connectivity index (χ1n) is 8.67. The Morgan fingerprint density at radius 2 is 2.00 bits per heavy atom. The van der Waals surface area contributed by atoms with Gasteiger partial charge in [0.1, 0.15) is 6.04 Å². The second-order valence-corrected chi connectivity index (χ2v) is 8.32. The third kappa shape index (κ3) is 3.31. The summed E-state index contributed by atoms with van der Waals surface area (Å²) in [5.74, 6) is -0.339. The van der Waals surface area contributed by atoms with Gasteiger partial charge < -0.3 is 5.32 Å². The number of hydrogen-bond acceptors (Lipinski definition) is 4. The van der Waals surface area contributed by atoms with Crippen LogP contribution >= 0.6 is 0 Å². The van der Waals surface area contributed by atoms with E-state index in [1.807, 2.05) is 31.2 Å². The normalized spacial score (nSPS) is 18.0. The molecule has 27 heavy (non-hydrogen) atoms. The van der Waals surface area contributed by atoms with Gasteiger partial charge in [0.15, 0.2) is 0 Å². The Hall–Kier alpha value is -2.77. The fourth-order valence-electron chi connectivity index (χ4n) is 3.45. The summed E-state index contributed by atoms with van der Waals surface area (Å²) < 4.78 is 27.3. The van der Waals surface area contributed by atoms with Crippen LogP contribution in [-0.2, 0) is 27.8 Å². The van der Waals surface area contributed by atoms with Gasteiger partial charge in [-0.2, -0.15) is 4.72 Å². The molecule has 0 saturated carbocycles. The lowest BCUT2D eigenvalue weighted by molar-refractivity contribution is -0.122. The van der Waals surface area contributed by atoms with E-state index in [-0.39, 0.29) is 10.8 Å². The van der Waals surface area contributed by atoms with Crippen LogP contribution in [-0.4, -0.2) is 25.4 Å². The number of rotatable bonds is 3.